The van der Waals surface area contributed by atoms with Crippen molar-refractivity contribution >= 4 is 23.0 Å². The predicted octanol–water partition coefficient (Wildman–Crippen LogP) is 5.69. The number of aromatic nitrogens is 1. The van der Waals surface area contributed by atoms with Crippen LogP contribution in [-0.4, -0.2) is 38.8 Å². The smallest absolute Gasteiger partial charge is 0.419 e. The fourth-order valence-electron chi connectivity index (χ4n) is 4.15. The number of esters is 1. The van der Waals surface area contributed by atoms with E-state index >= 15 is 0 Å². The first-order chi connectivity index (χ1) is 15.4. The Morgan fingerprint density at radius 1 is 0.848 bits per heavy atom. The maximum absolute atomic E-state index is 13.1. The van der Waals surface area contributed by atoms with Crippen LogP contribution in [0.2, 0.25) is 0 Å². The van der Waals surface area contributed by atoms with Crippen molar-refractivity contribution in [3.05, 3.63) is 71.9 Å². The second kappa shape index (κ2) is 8.34. The van der Waals surface area contributed by atoms with Crippen molar-refractivity contribution in [3.63, 3.8) is 0 Å². The Kier molecular flexibility index (Phi) is 5.83. The average molecular weight is 449 g/mol. The lowest BCUT2D eigenvalue weighted by Crippen LogP contribution is -2.28. The van der Waals surface area contributed by atoms with Crippen LogP contribution in [0.1, 0.15) is 58.7 Å². The molecule has 3 aromatic rings. The fourth-order valence-corrected chi connectivity index (χ4v) is 4.15. The Labute approximate surface area is 195 Å². The molecule has 0 radical (unpaired) electrons. The van der Waals surface area contributed by atoms with Gasteiger partial charge < -0.3 is 9.47 Å². The molecule has 0 aliphatic carbocycles. The first kappa shape index (κ1) is 23.1. The standard InChI is InChI=1S/C27H32N2O4/c1-26(2,3)32-24(30)23-22(29(23)16-18-12-8-7-9-13-18)20-17-28(25(31)33-27(4,5)6)21-15-11-10-14-19(20)21/h7-15,17,22-23H,16H2,1-6H3/t22-,23+,29?/m1/s1. The summed E-state index contributed by atoms with van der Waals surface area (Å²) in [5.74, 6) is -0.252. The Bertz CT molecular complexity index is 1170. The molecular weight excluding hydrogens is 416 g/mol. The molecule has 4 rings (SSSR count). The van der Waals surface area contributed by atoms with E-state index in [1.807, 2.05) is 102 Å². The van der Waals surface area contributed by atoms with Crippen LogP contribution in [-0.2, 0) is 20.8 Å². The maximum Gasteiger partial charge on any atom is 0.419 e. The zero-order valence-electron chi connectivity index (χ0n) is 20.2. The van der Waals surface area contributed by atoms with Gasteiger partial charge in [0.15, 0.2) is 0 Å². The normalized spacial score (nSPS) is 20.5. The lowest BCUT2D eigenvalue weighted by Gasteiger charge is -2.19. The average Bonchev–Trinajstić information content (AvgIpc) is 3.27. The third-order valence-electron chi connectivity index (χ3n) is 5.43. The summed E-state index contributed by atoms with van der Waals surface area (Å²) in [6, 6.07) is 17.2. The second-order valence-electron chi connectivity index (χ2n) is 10.5. The van der Waals surface area contributed by atoms with Gasteiger partial charge in [0.1, 0.15) is 17.2 Å². The lowest BCUT2D eigenvalue weighted by atomic mass is 10.1. The molecule has 6 heteroatoms. The molecule has 6 nitrogen and oxygen atoms in total. The Hall–Kier alpha value is -3.12. The zero-order valence-corrected chi connectivity index (χ0v) is 20.2. The molecule has 0 amide bonds. The van der Waals surface area contributed by atoms with Crippen molar-refractivity contribution in [2.24, 2.45) is 0 Å². The van der Waals surface area contributed by atoms with Crippen LogP contribution in [0.3, 0.4) is 0 Å². The van der Waals surface area contributed by atoms with Gasteiger partial charge in [-0.15, -0.1) is 0 Å². The molecule has 2 aromatic carbocycles. The van der Waals surface area contributed by atoms with Gasteiger partial charge in [-0.1, -0.05) is 48.5 Å². The van der Waals surface area contributed by atoms with Gasteiger partial charge >= 0.3 is 12.1 Å². The van der Waals surface area contributed by atoms with E-state index in [0.717, 1.165) is 22.0 Å². The van der Waals surface area contributed by atoms with E-state index in [9.17, 15) is 9.59 Å². The van der Waals surface area contributed by atoms with Gasteiger partial charge in [-0.25, -0.2) is 4.79 Å². The van der Waals surface area contributed by atoms with E-state index in [4.69, 9.17) is 9.47 Å². The van der Waals surface area contributed by atoms with Crippen LogP contribution in [0.4, 0.5) is 4.79 Å². The van der Waals surface area contributed by atoms with Gasteiger partial charge in [0.25, 0.3) is 0 Å². The molecule has 1 fully saturated rings. The summed E-state index contributed by atoms with van der Waals surface area (Å²) < 4.78 is 12.9. The summed E-state index contributed by atoms with van der Waals surface area (Å²) in [6.45, 7) is 11.8. The first-order valence-corrected chi connectivity index (χ1v) is 11.3. The number of carbonyl (C=O) groups excluding carboxylic acids is 2. The summed E-state index contributed by atoms with van der Waals surface area (Å²) in [6.07, 6.45) is 1.38. The minimum Gasteiger partial charge on any atom is -0.459 e. The van der Waals surface area contributed by atoms with Gasteiger partial charge in [0, 0.05) is 18.1 Å². The molecular formula is C27H32N2O4. The molecule has 1 saturated heterocycles. The Morgan fingerprint density at radius 2 is 1.45 bits per heavy atom. The highest BCUT2D eigenvalue weighted by Gasteiger charge is 2.55. The van der Waals surface area contributed by atoms with Crippen molar-refractivity contribution in [3.8, 4) is 0 Å². The van der Waals surface area contributed by atoms with Gasteiger partial charge in [-0.3, -0.25) is 14.3 Å². The van der Waals surface area contributed by atoms with Crippen molar-refractivity contribution < 1.29 is 19.1 Å². The van der Waals surface area contributed by atoms with Crippen LogP contribution in [0, 0.1) is 0 Å². The van der Waals surface area contributed by atoms with Gasteiger partial charge in [-0.2, -0.15) is 0 Å². The molecule has 1 aliphatic rings. The lowest BCUT2D eigenvalue weighted by molar-refractivity contribution is -0.155. The summed E-state index contributed by atoms with van der Waals surface area (Å²) in [5, 5.41) is 0.928. The number of rotatable bonds is 4. The van der Waals surface area contributed by atoms with E-state index < -0.39 is 23.3 Å². The number of nitrogens with zero attached hydrogens (tertiary/aromatic N) is 2. The van der Waals surface area contributed by atoms with Crippen molar-refractivity contribution in [1.29, 1.82) is 0 Å². The predicted molar refractivity (Wildman–Crippen MR) is 128 cm³/mol. The van der Waals surface area contributed by atoms with Crippen LogP contribution in [0.15, 0.2) is 60.8 Å². The number of hydrogen-bond donors (Lipinski definition) is 0. The second-order valence-corrected chi connectivity index (χ2v) is 10.5. The van der Waals surface area contributed by atoms with Gasteiger partial charge in [-0.05, 0) is 58.7 Å². The maximum atomic E-state index is 13.1. The molecule has 1 unspecified atom stereocenters. The van der Waals surface area contributed by atoms with Crippen LogP contribution in [0.25, 0.3) is 10.9 Å². The SMILES string of the molecule is CC(C)(C)OC(=O)[C@@H]1[C@@H](c2cn(C(=O)OC(C)(C)C)c3ccccc23)N1Cc1ccccc1. The van der Waals surface area contributed by atoms with E-state index in [1.165, 1.54) is 0 Å². The van der Waals surface area contributed by atoms with Crippen LogP contribution < -0.4 is 0 Å². The third-order valence-corrected chi connectivity index (χ3v) is 5.43. The fraction of sp³-hybridized carbons (Fsp3) is 0.407. The zero-order chi connectivity index (χ0) is 24.0. The number of fused-ring (bicyclic) bond motifs is 1. The molecule has 1 aromatic heterocycles. The first-order valence-electron chi connectivity index (χ1n) is 11.3. The molecule has 1 aliphatic heterocycles. The Balaban J connectivity index is 1.72. The molecule has 3 atom stereocenters. The van der Waals surface area contributed by atoms with E-state index in [0.29, 0.717) is 6.54 Å². The molecule has 0 saturated carbocycles. The number of carbonyl (C=O) groups is 2. The van der Waals surface area contributed by atoms with Gasteiger partial charge in [0.05, 0.1) is 11.6 Å². The minimum absolute atomic E-state index is 0.186. The van der Waals surface area contributed by atoms with Crippen LogP contribution >= 0.6 is 0 Å². The molecule has 174 valence electrons. The molecule has 0 spiro atoms. The van der Waals surface area contributed by atoms with Crippen molar-refractivity contribution in [1.82, 2.24) is 9.47 Å². The van der Waals surface area contributed by atoms with E-state index in [2.05, 4.69) is 4.90 Å². The number of benzene rings is 2. The highest BCUT2D eigenvalue weighted by molar-refractivity contribution is 5.94. The van der Waals surface area contributed by atoms with E-state index in [-0.39, 0.29) is 12.0 Å². The molecule has 0 N–H and O–H groups in total. The molecule has 33 heavy (non-hydrogen) atoms. The monoisotopic (exact) mass is 448 g/mol. The molecule has 2 heterocycles. The number of ether oxygens (including phenoxy) is 2. The van der Waals surface area contributed by atoms with Crippen molar-refractivity contribution in [2.75, 3.05) is 0 Å². The van der Waals surface area contributed by atoms with Crippen LogP contribution in [0.5, 0.6) is 0 Å². The quantitative estimate of drug-likeness (QED) is 0.379. The number of para-hydroxylation sites is 1. The largest absolute Gasteiger partial charge is 0.459 e. The summed E-state index contributed by atoms with van der Waals surface area (Å²) >= 11 is 0. The Morgan fingerprint density at radius 3 is 2.09 bits per heavy atom. The summed E-state index contributed by atoms with van der Waals surface area (Å²) in [5.41, 5.74) is 1.61. The van der Waals surface area contributed by atoms with Crippen molar-refractivity contribution in [2.45, 2.75) is 71.4 Å². The summed E-state index contributed by atoms with van der Waals surface area (Å²) in [7, 11) is 0. The third kappa shape index (κ3) is 5.11. The molecule has 0 bridgehead atoms. The highest BCUT2D eigenvalue weighted by Crippen LogP contribution is 2.48. The minimum atomic E-state index is -0.611. The van der Waals surface area contributed by atoms with E-state index in [1.54, 1.807) is 4.57 Å². The van der Waals surface area contributed by atoms with Gasteiger partial charge in [0.2, 0.25) is 0 Å². The number of hydrogen-bond acceptors (Lipinski definition) is 5. The topological polar surface area (TPSA) is 60.5 Å². The highest BCUT2D eigenvalue weighted by atomic mass is 16.6. The summed E-state index contributed by atoms with van der Waals surface area (Å²) in [4.78, 5) is 28.2.